The first-order valence-electron chi connectivity index (χ1n) is 9.58. The molecule has 0 amide bonds. The van der Waals surface area contributed by atoms with Crippen molar-refractivity contribution in [2.75, 3.05) is 14.2 Å². The molecule has 0 aliphatic carbocycles. The van der Waals surface area contributed by atoms with Crippen LogP contribution in [0.5, 0.6) is 11.9 Å². The summed E-state index contributed by atoms with van der Waals surface area (Å²) in [4.78, 5) is 9.56. The molecule has 0 atom stereocenters. The second-order valence-corrected chi connectivity index (χ2v) is 7.87. The zero-order chi connectivity index (χ0) is 20.8. The maximum Gasteiger partial charge on any atom is 0.319 e. The van der Waals surface area contributed by atoms with Crippen LogP contribution < -0.4 is 9.47 Å². The molecule has 150 valence electrons. The molecule has 0 saturated heterocycles. The summed E-state index contributed by atoms with van der Waals surface area (Å²) in [7, 11) is 3.16. The largest absolute Gasteiger partial charge is 0.480 e. The van der Waals surface area contributed by atoms with Crippen LogP contribution in [0.1, 0.15) is 16.7 Å². The van der Waals surface area contributed by atoms with Crippen LogP contribution in [0.3, 0.4) is 0 Å². The van der Waals surface area contributed by atoms with E-state index >= 15 is 0 Å². The van der Waals surface area contributed by atoms with Crippen molar-refractivity contribution in [2.45, 2.75) is 9.64 Å². The molecule has 0 aliphatic rings. The highest BCUT2D eigenvalue weighted by molar-refractivity contribution is 8.00. The van der Waals surface area contributed by atoms with Gasteiger partial charge in [0.25, 0.3) is 0 Å². The van der Waals surface area contributed by atoms with E-state index in [2.05, 4.69) is 82.8 Å². The van der Waals surface area contributed by atoms with Gasteiger partial charge in [-0.1, -0.05) is 103 Å². The number of rotatable bonds is 7. The Hall–Kier alpha value is -3.31. The van der Waals surface area contributed by atoms with Gasteiger partial charge in [0.2, 0.25) is 5.88 Å². The maximum absolute atomic E-state index is 5.59. The first-order chi connectivity index (χ1) is 14.8. The molecule has 0 bridgehead atoms. The Bertz CT molecular complexity index is 993. The van der Waals surface area contributed by atoms with Crippen LogP contribution in [-0.2, 0) is 4.75 Å². The van der Waals surface area contributed by atoms with Crippen molar-refractivity contribution in [1.82, 2.24) is 9.97 Å². The predicted octanol–water partition coefficient (Wildman–Crippen LogP) is 5.58. The zero-order valence-electron chi connectivity index (χ0n) is 16.9. The lowest BCUT2D eigenvalue weighted by Gasteiger charge is -2.35. The fraction of sp³-hybridized carbons (Fsp3) is 0.120. The molecule has 4 nitrogen and oxygen atoms in total. The highest BCUT2D eigenvalue weighted by Gasteiger charge is 2.38. The minimum Gasteiger partial charge on any atom is -0.480 e. The Morgan fingerprint density at radius 2 is 1.13 bits per heavy atom. The Morgan fingerprint density at radius 1 is 0.667 bits per heavy atom. The van der Waals surface area contributed by atoms with Gasteiger partial charge in [-0.05, 0) is 16.7 Å². The first kappa shape index (κ1) is 20.0. The quantitative estimate of drug-likeness (QED) is 0.292. The molecule has 0 aliphatic heterocycles. The molecule has 4 rings (SSSR count). The summed E-state index contributed by atoms with van der Waals surface area (Å²) >= 11 is 1.66. The fourth-order valence-electron chi connectivity index (χ4n) is 3.51. The predicted molar refractivity (Wildman–Crippen MR) is 120 cm³/mol. The Balaban J connectivity index is 1.99. The monoisotopic (exact) mass is 414 g/mol. The van der Waals surface area contributed by atoms with Crippen molar-refractivity contribution in [3.63, 3.8) is 0 Å². The zero-order valence-corrected chi connectivity index (χ0v) is 17.7. The number of hydrogen-bond donors (Lipinski definition) is 0. The minimum atomic E-state index is -0.519. The third kappa shape index (κ3) is 3.76. The van der Waals surface area contributed by atoms with Gasteiger partial charge < -0.3 is 9.47 Å². The van der Waals surface area contributed by atoms with E-state index in [1.54, 1.807) is 32.2 Å². The molecule has 0 N–H and O–H groups in total. The average Bonchev–Trinajstić information content (AvgIpc) is 2.84. The van der Waals surface area contributed by atoms with E-state index < -0.39 is 4.75 Å². The van der Waals surface area contributed by atoms with E-state index in [0.717, 1.165) is 21.6 Å². The van der Waals surface area contributed by atoms with E-state index in [-0.39, 0.29) is 6.01 Å². The van der Waals surface area contributed by atoms with Crippen molar-refractivity contribution in [1.29, 1.82) is 0 Å². The van der Waals surface area contributed by atoms with Crippen LogP contribution in [0.4, 0.5) is 0 Å². The van der Waals surface area contributed by atoms with Gasteiger partial charge in [-0.15, -0.1) is 0 Å². The van der Waals surface area contributed by atoms with Gasteiger partial charge in [-0.25, -0.2) is 4.98 Å². The number of methoxy groups -OCH3 is 2. The molecule has 0 saturated carbocycles. The molecule has 1 heterocycles. The summed E-state index contributed by atoms with van der Waals surface area (Å²) in [6, 6.07) is 31.7. The number of aromatic nitrogens is 2. The number of ether oxygens (including phenoxy) is 2. The van der Waals surface area contributed by atoms with E-state index in [9.17, 15) is 0 Å². The lowest BCUT2D eigenvalue weighted by molar-refractivity contribution is 0.345. The third-order valence-corrected chi connectivity index (χ3v) is 6.39. The molecule has 0 spiro atoms. The molecule has 0 fully saturated rings. The molecular weight excluding hydrogens is 392 g/mol. The fourth-order valence-corrected chi connectivity index (χ4v) is 4.93. The number of hydrogen-bond acceptors (Lipinski definition) is 5. The van der Waals surface area contributed by atoms with Gasteiger partial charge in [0, 0.05) is 0 Å². The van der Waals surface area contributed by atoms with Gasteiger partial charge in [-0.2, -0.15) is 4.98 Å². The summed E-state index contributed by atoms with van der Waals surface area (Å²) < 4.78 is 10.3. The molecular formula is C25H22N2O2S. The van der Waals surface area contributed by atoms with Crippen molar-refractivity contribution >= 4 is 11.8 Å². The van der Waals surface area contributed by atoms with Crippen LogP contribution in [0, 0.1) is 0 Å². The van der Waals surface area contributed by atoms with Crippen molar-refractivity contribution in [2.24, 2.45) is 0 Å². The first-order valence-corrected chi connectivity index (χ1v) is 10.4. The van der Waals surface area contributed by atoms with Crippen molar-refractivity contribution in [3.05, 3.63) is 114 Å². The molecule has 0 unspecified atom stereocenters. The van der Waals surface area contributed by atoms with Crippen LogP contribution in [0.25, 0.3) is 0 Å². The molecule has 4 aromatic rings. The number of benzene rings is 3. The molecule has 3 aromatic carbocycles. The lowest BCUT2D eigenvalue weighted by atomic mass is 9.84. The smallest absolute Gasteiger partial charge is 0.319 e. The third-order valence-electron chi connectivity index (χ3n) is 4.88. The summed E-state index contributed by atoms with van der Waals surface area (Å²) in [6.45, 7) is 0. The van der Waals surface area contributed by atoms with E-state index in [0.29, 0.717) is 5.88 Å². The van der Waals surface area contributed by atoms with Gasteiger partial charge in [0.05, 0.1) is 30.1 Å². The summed E-state index contributed by atoms with van der Waals surface area (Å²) in [6.07, 6.45) is 1.76. The van der Waals surface area contributed by atoms with Crippen LogP contribution in [-0.4, -0.2) is 24.2 Å². The van der Waals surface area contributed by atoms with Gasteiger partial charge in [0.15, 0.2) is 0 Å². The van der Waals surface area contributed by atoms with Gasteiger partial charge >= 0.3 is 6.01 Å². The standard InChI is InChI=1S/C25H22N2O2S/c1-28-23-22(18-26-24(27-23)29-2)30-25(19-12-6-3-7-13-19,20-14-8-4-9-15-20)21-16-10-5-11-17-21/h3-18H,1-2H3. The minimum absolute atomic E-state index is 0.279. The van der Waals surface area contributed by atoms with Gasteiger partial charge in [-0.3, -0.25) is 0 Å². The second-order valence-electron chi connectivity index (χ2n) is 6.61. The number of thioether (sulfide) groups is 1. The van der Waals surface area contributed by atoms with Crippen molar-refractivity contribution in [3.8, 4) is 11.9 Å². The highest BCUT2D eigenvalue weighted by atomic mass is 32.2. The topological polar surface area (TPSA) is 44.2 Å². The average molecular weight is 415 g/mol. The number of nitrogens with zero attached hydrogens (tertiary/aromatic N) is 2. The maximum atomic E-state index is 5.59. The van der Waals surface area contributed by atoms with Crippen LogP contribution in [0.2, 0.25) is 0 Å². The summed E-state index contributed by atoms with van der Waals surface area (Å²) in [5.41, 5.74) is 3.47. The Morgan fingerprint density at radius 3 is 1.53 bits per heavy atom. The molecule has 1 aromatic heterocycles. The highest BCUT2D eigenvalue weighted by Crippen LogP contribution is 2.53. The Labute approximate surface area is 180 Å². The normalized spacial score (nSPS) is 11.1. The van der Waals surface area contributed by atoms with E-state index in [4.69, 9.17) is 9.47 Å². The van der Waals surface area contributed by atoms with E-state index in [1.165, 1.54) is 0 Å². The second kappa shape index (κ2) is 9.01. The molecule has 30 heavy (non-hydrogen) atoms. The van der Waals surface area contributed by atoms with Crippen LogP contribution in [0.15, 0.2) is 102 Å². The summed E-state index contributed by atoms with van der Waals surface area (Å²) in [5.74, 6) is 0.485. The molecule has 5 heteroatoms. The summed E-state index contributed by atoms with van der Waals surface area (Å²) in [5, 5.41) is 0. The van der Waals surface area contributed by atoms with Gasteiger partial charge in [0.1, 0.15) is 0 Å². The lowest BCUT2D eigenvalue weighted by Crippen LogP contribution is -2.25. The van der Waals surface area contributed by atoms with Crippen molar-refractivity contribution < 1.29 is 9.47 Å². The SMILES string of the molecule is COc1ncc(SC(c2ccccc2)(c2ccccc2)c2ccccc2)c(OC)n1. The van der Waals surface area contributed by atoms with Crippen LogP contribution >= 0.6 is 11.8 Å². The molecule has 0 radical (unpaired) electrons. The Kier molecular flexibility index (Phi) is 6.00. The van der Waals surface area contributed by atoms with E-state index in [1.807, 2.05) is 18.2 Å².